The van der Waals surface area contributed by atoms with E-state index in [0.29, 0.717) is 28.2 Å². The summed E-state index contributed by atoms with van der Waals surface area (Å²) in [6, 6.07) is 19.3. The second-order valence-electron chi connectivity index (χ2n) is 8.79. The number of nitrogens with one attached hydrogen (secondary N) is 1. The highest BCUT2D eigenvalue weighted by Gasteiger charge is 2.38. The van der Waals surface area contributed by atoms with Crippen LogP contribution in [0.1, 0.15) is 22.6 Å². The lowest BCUT2D eigenvalue weighted by atomic mass is 9.90. The molecule has 1 N–H and O–H groups in total. The number of halogens is 3. The summed E-state index contributed by atoms with van der Waals surface area (Å²) in [4.78, 5) is 33.4. The Morgan fingerprint density at radius 2 is 1.64 bits per heavy atom. The molecule has 0 bridgehead atoms. The maximum atomic E-state index is 13.2. The Labute approximate surface area is 207 Å². The summed E-state index contributed by atoms with van der Waals surface area (Å²) in [6.45, 7) is 0.265. The number of hydrogen-bond donors (Lipinski definition) is 1. The zero-order valence-corrected chi connectivity index (χ0v) is 20.0. The summed E-state index contributed by atoms with van der Waals surface area (Å²) in [5.41, 5.74) is 2.04. The Hall–Kier alpha value is -3.98. The molecule has 0 aromatic heterocycles. The van der Waals surface area contributed by atoms with E-state index in [1.54, 1.807) is 65.4 Å². The average molecular weight is 495 g/mol. The minimum atomic E-state index is -4.52. The first-order valence-corrected chi connectivity index (χ1v) is 11.2. The molecular formula is C27H25F3N4O2. The predicted octanol–water partition coefficient (Wildman–Crippen LogP) is 5.09. The van der Waals surface area contributed by atoms with Gasteiger partial charge >= 0.3 is 6.18 Å². The van der Waals surface area contributed by atoms with Crippen molar-refractivity contribution in [3.05, 3.63) is 89.5 Å². The van der Waals surface area contributed by atoms with Gasteiger partial charge in [-0.15, -0.1) is 0 Å². The molecule has 2 amide bonds. The number of rotatable bonds is 6. The molecule has 1 unspecified atom stereocenters. The third kappa shape index (κ3) is 5.31. The Morgan fingerprint density at radius 1 is 0.972 bits per heavy atom. The van der Waals surface area contributed by atoms with E-state index in [2.05, 4.69) is 5.32 Å². The Morgan fingerprint density at radius 3 is 2.25 bits per heavy atom. The van der Waals surface area contributed by atoms with Crippen molar-refractivity contribution < 1.29 is 22.8 Å². The highest BCUT2D eigenvalue weighted by atomic mass is 19.4. The van der Waals surface area contributed by atoms with Crippen molar-refractivity contribution in [1.29, 1.82) is 0 Å². The molecule has 0 saturated carbocycles. The largest absolute Gasteiger partial charge is 0.416 e. The number of carbonyl (C=O) groups excluding carboxylic acids is 2. The first kappa shape index (κ1) is 25.1. The molecule has 3 aromatic carbocycles. The lowest BCUT2D eigenvalue weighted by Gasteiger charge is -2.20. The predicted molar refractivity (Wildman–Crippen MR) is 134 cm³/mol. The molecule has 0 saturated heterocycles. The van der Waals surface area contributed by atoms with Crippen LogP contribution in [0.25, 0.3) is 0 Å². The molecule has 0 radical (unpaired) electrons. The van der Waals surface area contributed by atoms with Crippen LogP contribution in [0.3, 0.4) is 0 Å². The number of alkyl halides is 3. The van der Waals surface area contributed by atoms with Crippen molar-refractivity contribution in [2.24, 2.45) is 4.99 Å². The molecular weight excluding hydrogens is 469 g/mol. The molecule has 0 aliphatic carbocycles. The van der Waals surface area contributed by atoms with Crippen molar-refractivity contribution >= 4 is 34.6 Å². The number of carbonyl (C=O) groups is 2. The Bertz CT molecular complexity index is 1300. The van der Waals surface area contributed by atoms with Crippen LogP contribution in [-0.2, 0) is 15.8 Å². The number of likely N-dealkylation sites (N-methyl/N-ethyl adjacent to an activating group) is 2. The summed E-state index contributed by atoms with van der Waals surface area (Å²) < 4.78 is 39.6. The number of anilines is 2. The van der Waals surface area contributed by atoms with Crippen LogP contribution in [0.4, 0.5) is 30.2 Å². The zero-order valence-electron chi connectivity index (χ0n) is 20.0. The van der Waals surface area contributed by atoms with Gasteiger partial charge in [-0.05, 0) is 61.6 Å². The molecule has 1 aliphatic heterocycles. The molecule has 0 spiro atoms. The topological polar surface area (TPSA) is 65.0 Å². The second-order valence-corrected chi connectivity index (χ2v) is 8.79. The molecule has 1 aliphatic rings. The molecule has 6 nitrogen and oxygen atoms in total. The quantitative estimate of drug-likeness (QED) is 0.486. The van der Waals surface area contributed by atoms with Crippen LogP contribution < -0.4 is 10.2 Å². The van der Waals surface area contributed by atoms with Gasteiger partial charge in [0.05, 0.1) is 23.5 Å². The lowest BCUT2D eigenvalue weighted by molar-refractivity contribution is -0.137. The van der Waals surface area contributed by atoms with Crippen molar-refractivity contribution in [2.75, 3.05) is 37.9 Å². The van der Waals surface area contributed by atoms with E-state index in [1.165, 1.54) is 6.07 Å². The van der Waals surface area contributed by atoms with Crippen molar-refractivity contribution in [3.8, 4) is 0 Å². The molecule has 1 atom stereocenters. The van der Waals surface area contributed by atoms with E-state index in [1.807, 2.05) is 20.2 Å². The van der Waals surface area contributed by atoms with Crippen LogP contribution in [0.15, 0.2) is 77.8 Å². The smallest absolute Gasteiger partial charge is 0.325 e. The normalized spacial score (nSPS) is 15.6. The minimum Gasteiger partial charge on any atom is -0.325 e. The van der Waals surface area contributed by atoms with Crippen molar-refractivity contribution in [2.45, 2.75) is 12.1 Å². The minimum absolute atomic E-state index is 0.0707. The number of amides is 2. The monoisotopic (exact) mass is 494 g/mol. The van der Waals surface area contributed by atoms with Gasteiger partial charge in [0, 0.05) is 18.4 Å². The number of nitrogens with zero attached hydrogens (tertiary/aromatic N) is 3. The van der Waals surface area contributed by atoms with Gasteiger partial charge in [-0.25, -0.2) is 0 Å². The van der Waals surface area contributed by atoms with E-state index in [-0.39, 0.29) is 18.1 Å². The standard InChI is InChI=1S/C27H25F3N4O2/c1-33(2)16-23(35)34(3)20-12-10-19(11-13-20)31-25(17-7-5-4-6-8-17)24-21-14-9-18(27(28,29)30)15-22(21)32-26(24)36/h4-15,24H,16H2,1-3H3,(H,32,36). The van der Waals surface area contributed by atoms with Gasteiger partial charge < -0.3 is 15.1 Å². The van der Waals surface area contributed by atoms with E-state index in [0.717, 1.165) is 12.1 Å². The van der Waals surface area contributed by atoms with Crippen LogP contribution >= 0.6 is 0 Å². The summed E-state index contributed by atoms with van der Waals surface area (Å²) in [5.74, 6) is -1.40. The maximum Gasteiger partial charge on any atom is 0.416 e. The first-order valence-electron chi connectivity index (χ1n) is 11.2. The van der Waals surface area contributed by atoms with Crippen LogP contribution in [0, 0.1) is 0 Å². The SMILES string of the molecule is CN(C)CC(=O)N(C)c1ccc(N=C(c2ccccc2)C2C(=O)Nc3cc(C(F)(F)F)ccc32)cc1. The van der Waals surface area contributed by atoms with Gasteiger partial charge in [0.2, 0.25) is 11.8 Å². The lowest BCUT2D eigenvalue weighted by Crippen LogP contribution is -2.34. The van der Waals surface area contributed by atoms with E-state index >= 15 is 0 Å². The van der Waals surface area contributed by atoms with Gasteiger partial charge in [-0.1, -0.05) is 36.4 Å². The van der Waals surface area contributed by atoms with Gasteiger partial charge in [0.25, 0.3) is 0 Å². The van der Waals surface area contributed by atoms with Gasteiger partial charge in [0.15, 0.2) is 0 Å². The number of hydrogen-bond acceptors (Lipinski definition) is 4. The molecule has 1 heterocycles. The number of benzene rings is 3. The van der Waals surface area contributed by atoms with Gasteiger partial charge in [-0.2, -0.15) is 13.2 Å². The average Bonchev–Trinajstić information content (AvgIpc) is 3.16. The van der Waals surface area contributed by atoms with E-state index in [4.69, 9.17) is 4.99 Å². The number of aliphatic imine (C=N–C) groups is 1. The molecule has 4 rings (SSSR count). The molecule has 36 heavy (non-hydrogen) atoms. The van der Waals surface area contributed by atoms with Gasteiger partial charge in [0.1, 0.15) is 5.92 Å². The van der Waals surface area contributed by atoms with Gasteiger partial charge in [-0.3, -0.25) is 14.6 Å². The first-order chi connectivity index (χ1) is 17.0. The summed E-state index contributed by atoms with van der Waals surface area (Å²) in [5, 5.41) is 2.58. The number of fused-ring (bicyclic) bond motifs is 1. The summed E-state index contributed by atoms with van der Waals surface area (Å²) in [7, 11) is 5.32. The fourth-order valence-corrected chi connectivity index (χ4v) is 4.03. The maximum absolute atomic E-state index is 13.2. The molecule has 3 aromatic rings. The van der Waals surface area contributed by atoms with E-state index < -0.39 is 23.6 Å². The zero-order chi connectivity index (χ0) is 26.0. The molecule has 9 heteroatoms. The highest BCUT2D eigenvalue weighted by molar-refractivity contribution is 6.24. The van der Waals surface area contributed by atoms with Crippen molar-refractivity contribution in [3.63, 3.8) is 0 Å². The van der Waals surface area contributed by atoms with Crippen LogP contribution in [0.5, 0.6) is 0 Å². The molecule has 0 fully saturated rings. The van der Waals surface area contributed by atoms with Crippen LogP contribution in [0.2, 0.25) is 0 Å². The van der Waals surface area contributed by atoms with Crippen LogP contribution in [-0.4, -0.2) is 50.1 Å². The summed E-state index contributed by atoms with van der Waals surface area (Å²) in [6.07, 6.45) is -4.52. The third-order valence-corrected chi connectivity index (χ3v) is 5.87. The van der Waals surface area contributed by atoms with E-state index in [9.17, 15) is 22.8 Å². The van der Waals surface area contributed by atoms with Crippen molar-refractivity contribution in [1.82, 2.24) is 4.90 Å². The molecule has 186 valence electrons. The fourth-order valence-electron chi connectivity index (χ4n) is 4.03. The Balaban J connectivity index is 1.72. The third-order valence-electron chi connectivity index (χ3n) is 5.87. The summed E-state index contributed by atoms with van der Waals surface area (Å²) >= 11 is 0. The fraction of sp³-hybridized carbons (Fsp3) is 0.222. The Kier molecular flexibility index (Phi) is 6.94. The highest BCUT2D eigenvalue weighted by Crippen LogP contribution is 2.40. The second kappa shape index (κ2) is 9.94.